The van der Waals surface area contributed by atoms with E-state index in [4.69, 9.17) is 9.47 Å². The first-order chi connectivity index (χ1) is 16.4. The maximum absolute atomic E-state index is 12.5. The van der Waals surface area contributed by atoms with Crippen LogP contribution in [0, 0.1) is 0 Å². The number of nitrogens with zero attached hydrogens (tertiary/aromatic N) is 1. The van der Waals surface area contributed by atoms with Crippen LogP contribution in [-0.4, -0.2) is 18.2 Å². The van der Waals surface area contributed by atoms with Crippen LogP contribution in [0.5, 0.6) is 11.5 Å². The maximum atomic E-state index is 12.5. The average Bonchev–Trinajstić information content (AvgIpc) is 3.17. The van der Waals surface area contributed by atoms with E-state index in [0.29, 0.717) is 28.2 Å². The molecule has 5 nitrogen and oxygen atoms in total. The van der Waals surface area contributed by atoms with Crippen molar-refractivity contribution in [2.24, 2.45) is 4.99 Å². The molecule has 1 N–H and O–H groups in total. The molecule has 3 aromatic carbocycles. The van der Waals surface area contributed by atoms with Crippen molar-refractivity contribution in [1.29, 1.82) is 0 Å². The van der Waals surface area contributed by atoms with E-state index in [1.807, 2.05) is 66.7 Å². The van der Waals surface area contributed by atoms with Crippen molar-refractivity contribution < 1.29 is 14.3 Å². The highest BCUT2D eigenvalue weighted by Gasteiger charge is 2.24. The second-order valence-corrected chi connectivity index (χ2v) is 10.2. The van der Waals surface area contributed by atoms with Crippen molar-refractivity contribution in [3.8, 4) is 11.5 Å². The molecule has 0 atom stereocenters. The van der Waals surface area contributed by atoms with Crippen molar-refractivity contribution in [3.63, 3.8) is 0 Å². The molecule has 1 saturated heterocycles. The Bertz CT molecular complexity index is 1270. The van der Waals surface area contributed by atoms with Crippen LogP contribution in [0.25, 0.3) is 6.08 Å². The van der Waals surface area contributed by atoms with Gasteiger partial charge in [0.2, 0.25) is 0 Å². The number of hydrogen-bond donors (Lipinski definition) is 1. The molecule has 0 unspecified atom stereocenters. The van der Waals surface area contributed by atoms with Gasteiger partial charge >= 0.3 is 0 Å². The van der Waals surface area contributed by atoms with Crippen LogP contribution in [0.15, 0.2) is 79.5 Å². The van der Waals surface area contributed by atoms with E-state index in [-0.39, 0.29) is 5.91 Å². The smallest absolute Gasteiger partial charge is 0.264 e. The average molecular weight is 602 g/mol. The Morgan fingerprint density at radius 2 is 1.82 bits per heavy atom. The normalized spacial score (nSPS) is 15.6. The number of halogens is 2. The third-order valence-electron chi connectivity index (χ3n) is 5.11. The van der Waals surface area contributed by atoms with Crippen LogP contribution in [-0.2, 0) is 17.8 Å². The number of carbonyl (C=O) groups excluding carboxylic acids is 1. The molecule has 174 valence electrons. The fourth-order valence-electron chi connectivity index (χ4n) is 3.24. The molecule has 1 aliphatic rings. The maximum Gasteiger partial charge on any atom is 0.264 e. The van der Waals surface area contributed by atoms with E-state index in [1.54, 1.807) is 7.11 Å². The zero-order valence-electron chi connectivity index (χ0n) is 18.6. The van der Waals surface area contributed by atoms with Crippen LogP contribution in [0.4, 0.5) is 5.69 Å². The SMILES string of the molecule is CCc1ccc(N=C2NC(=O)/C(=C/c3ccc(OCc4ccc(Br)cc4Br)c(OC)c3)S2)cc1. The Labute approximate surface area is 219 Å². The highest BCUT2D eigenvalue weighted by atomic mass is 79.9. The van der Waals surface area contributed by atoms with E-state index < -0.39 is 0 Å². The lowest BCUT2D eigenvalue weighted by atomic mass is 10.2. The number of hydrogen-bond acceptors (Lipinski definition) is 5. The fraction of sp³-hybridized carbons (Fsp3) is 0.154. The zero-order chi connectivity index (χ0) is 24.1. The molecule has 34 heavy (non-hydrogen) atoms. The highest BCUT2D eigenvalue weighted by Crippen LogP contribution is 2.33. The summed E-state index contributed by atoms with van der Waals surface area (Å²) in [5.41, 5.74) is 3.91. The van der Waals surface area contributed by atoms with Gasteiger partial charge in [-0.1, -0.05) is 63.0 Å². The number of aryl methyl sites for hydroxylation is 1. The van der Waals surface area contributed by atoms with E-state index in [2.05, 4.69) is 49.1 Å². The molecular weight excluding hydrogens is 580 g/mol. The van der Waals surface area contributed by atoms with Gasteiger partial charge in [0.15, 0.2) is 16.7 Å². The van der Waals surface area contributed by atoms with Gasteiger partial charge in [-0.15, -0.1) is 0 Å². The lowest BCUT2D eigenvalue weighted by molar-refractivity contribution is -0.115. The summed E-state index contributed by atoms with van der Waals surface area (Å²) in [6.07, 6.45) is 2.80. The van der Waals surface area contributed by atoms with Crippen LogP contribution in [0.2, 0.25) is 0 Å². The first-order valence-electron chi connectivity index (χ1n) is 10.6. The molecule has 8 heteroatoms. The molecule has 0 aliphatic carbocycles. The fourth-order valence-corrected chi connectivity index (χ4v) is 5.25. The topological polar surface area (TPSA) is 59.9 Å². The van der Waals surface area contributed by atoms with Crippen LogP contribution >= 0.6 is 43.6 Å². The molecule has 1 aliphatic heterocycles. The van der Waals surface area contributed by atoms with Crippen molar-refractivity contribution in [2.75, 3.05) is 7.11 Å². The molecule has 4 rings (SSSR count). The molecule has 0 spiro atoms. The number of methoxy groups -OCH3 is 1. The van der Waals surface area contributed by atoms with Gasteiger partial charge in [-0.05, 0) is 71.8 Å². The number of rotatable bonds is 7. The standard InChI is InChI=1S/C26H22Br2N2O3S/c1-3-16-4-9-20(10-5-16)29-26-30-25(31)24(34-26)13-17-6-11-22(23(12-17)32-2)33-15-18-7-8-19(27)14-21(18)28/h4-14H,3,15H2,1-2H3,(H,29,30,31)/b24-13-. The molecule has 0 aromatic heterocycles. The van der Waals surface area contributed by atoms with E-state index >= 15 is 0 Å². The van der Waals surface area contributed by atoms with Crippen molar-refractivity contribution in [1.82, 2.24) is 5.32 Å². The van der Waals surface area contributed by atoms with E-state index in [0.717, 1.165) is 32.2 Å². The van der Waals surface area contributed by atoms with Gasteiger partial charge in [0.1, 0.15) is 6.61 Å². The Morgan fingerprint density at radius 3 is 2.53 bits per heavy atom. The summed E-state index contributed by atoms with van der Waals surface area (Å²) >= 11 is 8.33. The van der Waals surface area contributed by atoms with Crippen molar-refractivity contribution in [2.45, 2.75) is 20.0 Å². The van der Waals surface area contributed by atoms with Gasteiger partial charge < -0.3 is 14.8 Å². The zero-order valence-corrected chi connectivity index (χ0v) is 22.6. The van der Waals surface area contributed by atoms with Crippen molar-refractivity contribution in [3.05, 3.63) is 91.2 Å². The minimum atomic E-state index is -0.173. The Hall–Kier alpha value is -2.55. The third-order valence-corrected chi connectivity index (χ3v) is 7.25. The van der Waals surface area contributed by atoms with E-state index in [1.165, 1.54) is 17.3 Å². The van der Waals surface area contributed by atoms with Gasteiger partial charge in [0.05, 0.1) is 17.7 Å². The van der Waals surface area contributed by atoms with Crippen molar-refractivity contribution >= 4 is 66.5 Å². The van der Waals surface area contributed by atoms with Gasteiger partial charge in [0, 0.05) is 14.5 Å². The Kier molecular flexibility index (Phi) is 8.13. The molecule has 1 heterocycles. The Balaban J connectivity index is 1.47. The lowest BCUT2D eigenvalue weighted by Gasteiger charge is -2.12. The monoisotopic (exact) mass is 600 g/mol. The summed E-state index contributed by atoms with van der Waals surface area (Å²) in [7, 11) is 1.60. The number of ether oxygens (including phenoxy) is 2. The van der Waals surface area contributed by atoms with E-state index in [9.17, 15) is 4.79 Å². The van der Waals surface area contributed by atoms with Crippen LogP contribution in [0.1, 0.15) is 23.6 Å². The summed E-state index contributed by atoms with van der Waals surface area (Å²) in [6, 6.07) is 19.5. The second kappa shape index (κ2) is 11.3. The first kappa shape index (κ1) is 24.6. The molecule has 0 bridgehead atoms. The molecule has 0 radical (unpaired) electrons. The number of benzene rings is 3. The number of aliphatic imine (C=N–C) groups is 1. The number of thioether (sulfide) groups is 1. The molecule has 3 aromatic rings. The number of amides is 1. The van der Waals surface area contributed by atoms with Gasteiger partial charge in [0.25, 0.3) is 5.91 Å². The van der Waals surface area contributed by atoms with Crippen LogP contribution in [0.3, 0.4) is 0 Å². The summed E-state index contributed by atoms with van der Waals surface area (Å²) in [4.78, 5) is 17.6. The number of nitrogens with one attached hydrogen (secondary N) is 1. The van der Waals surface area contributed by atoms with Gasteiger partial charge in [-0.3, -0.25) is 4.79 Å². The molecule has 1 amide bonds. The molecule has 0 saturated carbocycles. The largest absolute Gasteiger partial charge is 0.493 e. The minimum absolute atomic E-state index is 0.173. The predicted octanol–water partition coefficient (Wildman–Crippen LogP) is 7.25. The summed E-state index contributed by atoms with van der Waals surface area (Å²) in [5, 5.41) is 3.39. The highest BCUT2D eigenvalue weighted by molar-refractivity contribution is 9.11. The summed E-state index contributed by atoms with van der Waals surface area (Å²) in [5.74, 6) is 1.05. The van der Waals surface area contributed by atoms with Gasteiger partial charge in [-0.25, -0.2) is 4.99 Å². The second-order valence-electron chi connectivity index (χ2n) is 7.44. The first-order valence-corrected chi connectivity index (χ1v) is 13.0. The lowest BCUT2D eigenvalue weighted by Crippen LogP contribution is -2.19. The van der Waals surface area contributed by atoms with Gasteiger partial charge in [-0.2, -0.15) is 0 Å². The predicted molar refractivity (Wildman–Crippen MR) is 146 cm³/mol. The summed E-state index contributed by atoms with van der Waals surface area (Å²) < 4.78 is 13.5. The van der Waals surface area contributed by atoms with Crippen LogP contribution < -0.4 is 14.8 Å². The molecule has 1 fully saturated rings. The quantitative estimate of drug-likeness (QED) is 0.290. The third kappa shape index (κ3) is 6.11. The Morgan fingerprint density at radius 1 is 1.03 bits per heavy atom. The molecular formula is C26H22Br2N2O3S. The minimum Gasteiger partial charge on any atom is -0.493 e. The summed E-state index contributed by atoms with van der Waals surface area (Å²) in [6.45, 7) is 2.50. The number of carbonyl (C=O) groups is 1. The number of amidine groups is 1.